The van der Waals surface area contributed by atoms with Crippen molar-refractivity contribution in [3.8, 4) is 11.5 Å². The Hall–Kier alpha value is -1.82. The Morgan fingerprint density at radius 3 is 2.74 bits per heavy atom. The number of carbonyl (C=O) groups is 1. The fraction of sp³-hybridized carbons (Fsp3) is 0.609. The van der Waals surface area contributed by atoms with Gasteiger partial charge < -0.3 is 24.8 Å². The van der Waals surface area contributed by atoms with Crippen molar-refractivity contribution in [2.75, 3.05) is 20.4 Å². The number of benzene rings is 1. The summed E-state index contributed by atoms with van der Waals surface area (Å²) in [6.45, 7) is 5.33. The van der Waals surface area contributed by atoms with Crippen LogP contribution in [0.4, 0.5) is 0 Å². The number of aliphatic carboxylic acids is 1. The van der Waals surface area contributed by atoms with E-state index < -0.39 is 31.0 Å². The Bertz CT molecular complexity index is 969. The number of phenolic OH excluding ortho intramolecular Hbond substituents is 1. The lowest BCUT2D eigenvalue weighted by molar-refractivity contribution is -0.136. The van der Waals surface area contributed by atoms with Crippen LogP contribution >= 0.6 is 7.37 Å². The summed E-state index contributed by atoms with van der Waals surface area (Å²) < 4.78 is 24.9. The van der Waals surface area contributed by atoms with Gasteiger partial charge >= 0.3 is 5.97 Å². The number of phenols is 1. The second kappa shape index (κ2) is 7.95. The Balaban J connectivity index is 1.93. The van der Waals surface area contributed by atoms with Crippen LogP contribution in [0.15, 0.2) is 18.2 Å². The number of ether oxygens (including phenoxy) is 1. The van der Waals surface area contributed by atoms with Crippen LogP contribution in [-0.4, -0.2) is 54.8 Å². The molecule has 1 aromatic carbocycles. The van der Waals surface area contributed by atoms with Crippen molar-refractivity contribution in [2.24, 2.45) is 5.92 Å². The minimum atomic E-state index is -2.78. The molecule has 0 saturated heterocycles. The first kappa shape index (κ1) is 22.4. The third-order valence-corrected chi connectivity index (χ3v) is 7.71. The summed E-state index contributed by atoms with van der Waals surface area (Å²) in [7, 11) is -0.836. The van der Waals surface area contributed by atoms with E-state index in [9.17, 15) is 19.6 Å². The molecule has 0 fully saturated rings. The van der Waals surface area contributed by atoms with Crippen LogP contribution in [-0.2, 0) is 32.1 Å². The van der Waals surface area contributed by atoms with Crippen LogP contribution in [0.2, 0.25) is 0 Å². The van der Waals surface area contributed by atoms with Gasteiger partial charge in [-0.05, 0) is 43.5 Å². The first-order valence-electron chi connectivity index (χ1n) is 11.0. The van der Waals surface area contributed by atoms with Crippen molar-refractivity contribution >= 4 is 13.3 Å². The van der Waals surface area contributed by atoms with E-state index in [1.54, 1.807) is 19.4 Å². The van der Waals surface area contributed by atoms with E-state index in [-0.39, 0.29) is 24.1 Å². The molecule has 0 aromatic heterocycles. The molecule has 1 aromatic rings. The van der Waals surface area contributed by atoms with E-state index in [1.165, 1.54) is 0 Å². The van der Waals surface area contributed by atoms with Gasteiger partial charge in [-0.1, -0.05) is 25.5 Å². The third kappa shape index (κ3) is 3.61. The molecule has 0 spiro atoms. The van der Waals surface area contributed by atoms with Gasteiger partial charge in [0, 0.05) is 42.7 Å². The van der Waals surface area contributed by atoms with E-state index in [4.69, 9.17) is 9.26 Å². The minimum Gasteiger partial charge on any atom is -0.504 e. The highest BCUT2D eigenvalue weighted by atomic mass is 31.2. The summed E-state index contributed by atoms with van der Waals surface area (Å²) in [5.74, 6) is -0.218. The lowest BCUT2D eigenvalue weighted by Gasteiger charge is -2.51. The van der Waals surface area contributed by atoms with Gasteiger partial charge in [0.25, 0.3) is 0 Å². The van der Waals surface area contributed by atoms with Gasteiger partial charge in [0.2, 0.25) is 0 Å². The summed E-state index contributed by atoms with van der Waals surface area (Å²) >= 11 is 0. The first-order valence-corrected chi connectivity index (χ1v) is 13.5. The van der Waals surface area contributed by atoms with Crippen LogP contribution in [0.5, 0.6) is 11.5 Å². The molecule has 0 radical (unpaired) electrons. The Labute approximate surface area is 183 Å². The van der Waals surface area contributed by atoms with E-state index in [1.807, 2.05) is 13.1 Å². The van der Waals surface area contributed by atoms with E-state index >= 15 is 0 Å². The smallest absolute Gasteiger partial charge is 0.303 e. The summed E-state index contributed by atoms with van der Waals surface area (Å²) in [4.78, 5) is 11.2. The van der Waals surface area contributed by atoms with Crippen molar-refractivity contribution < 1.29 is 28.8 Å². The van der Waals surface area contributed by atoms with Crippen LogP contribution in [0.25, 0.3) is 0 Å². The van der Waals surface area contributed by atoms with Crippen LogP contribution < -0.4 is 10.1 Å². The van der Waals surface area contributed by atoms with Crippen molar-refractivity contribution in [3.05, 3.63) is 34.9 Å². The van der Waals surface area contributed by atoms with Gasteiger partial charge in [0.1, 0.15) is 12.2 Å². The average molecular weight is 449 g/mol. The molecule has 31 heavy (non-hydrogen) atoms. The molecule has 0 bridgehead atoms. The maximum atomic E-state index is 12.5. The number of hydrogen-bond donors (Lipinski definition) is 3. The van der Waals surface area contributed by atoms with Crippen molar-refractivity contribution in [1.82, 2.24) is 5.32 Å². The summed E-state index contributed by atoms with van der Waals surface area (Å²) in [6.07, 6.45) is 6.06. The second-order valence-electron chi connectivity index (χ2n) is 9.29. The zero-order chi connectivity index (χ0) is 22.6. The van der Waals surface area contributed by atoms with Crippen molar-refractivity contribution in [3.63, 3.8) is 0 Å². The molecule has 0 amide bonds. The molecule has 3 N–H and O–H groups in total. The van der Waals surface area contributed by atoms with Gasteiger partial charge in [0.15, 0.2) is 18.9 Å². The maximum Gasteiger partial charge on any atom is 0.303 e. The molecular weight excluding hydrogens is 417 g/mol. The zero-order valence-electron chi connectivity index (χ0n) is 18.6. The predicted molar refractivity (Wildman–Crippen MR) is 119 cm³/mol. The number of nitrogens with one attached hydrogen (secondary N) is 1. The topological polar surface area (TPSA) is 105 Å². The quantitative estimate of drug-likeness (QED) is 0.412. The average Bonchev–Trinajstić information content (AvgIpc) is 3.03. The molecule has 4 rings (SSSR count). The largest absolute Gasteiger partial charge is 0.504 e. The normalized spacial score (nSPS) is 30.7. The van der Waals surface area contributed by atoms with E-state index in [2.05, 4.69) is 18.3 Å². The molecule has 8 heteroatoms. The summed E-state index contributed by atoms with van der Waals surface area (Å²) in [5, 5.41) is 23.6. The third-order valence-electron chi connectivity index (χ3n) is 6.96. The second-order valence-corrected chi connectivity index (χ2v) is 12.0. The number of aryl methyl sites for hydroxylation is 1. The van der Waals surface area contributed by atoms with E-state index in [0.29, 0.717) is 12.2 Å². The predicted octanol–water partition coefficient (Wildman–Crippen LogP) is 3.46. The minimum absolute atomic E-state index is 0.00439. The fourth-order valence-electron chi connectivity index (χ4n) is 6.00. The van der Waals surface area contributed by atoms with Crippen molar-refractivity contribution in [1.29, 1.82) is 0 Å². The lowest BCUT2D eigenvalue weighted by atomic mass is 9.54. The molecule has 1 aliphatic heterocycles. The fourth-order valence-corrected chi connectivity index (χ4v) is 6.77. The highest BCUT2D eigenvalue weighted by molar-refractivity contribution is 7.57. The van der Waals surface area contributed by atoms with Crippen LogP contribution in [0, 0.1) is 5.92 Å². The zero-order valence-corrected chi connectivity index (χ0v) is 19.4. The van der Waals surface area contributed by atoms with Gasteiger partial charge in [-0.2, -0.15) is 0 Å². The van der Waals surface area contributed by atoms with Gasteiger partial charge in [-0.25, -0.2) is 0 Å². The molecule has 2 aliphatic carbocycles. The molecular formula is C23H32NO6P. The summed E-state index contributed by atoms with van der Waals surface area (Å²) in [6, 6.07) is 1.80. The van der Waals surface area contributed by atoms with Gasteiger partial charge in [-0.15, -0.1) is 0 Å². The van der Waals surface area contributed by atoms with Gasteiger partial charge in [-0.3, -0.25) is 9.36 Å². The first-order chi connectivity index (χ1) is 14.6. The maximum absolute atomic E-state index is 12.5. The number of carboxylic acids is 1. The highest BCUT2D eigenvalue weighted by Gasteiger charge is 2.62. The molecule has 3 aliphatic rings. The monoisotopic (exact) mass is 449 g/mol. The molecule has 0 saturated carbocycles. The number of rotatable bonds is 8. The number of likely N-dealkylation sites (N-methyl/N-ethyl adjacent to an activating group) is 1. The molecule has 1 unspecified atom stereocenters. The molecule has 7 nitrogen and oxygen atoms in total. The van der Waals surface area contributed by atoms with Crippen LogP contribution in [0.3, 0.4) is 0 Å². The lowest BCUT2D eigenvalue weighted by Crippen LogP contribution is -2.60. The van der Waals surface area contributed by atoms with Crippen molar-refractivity contribution in [2.45, 2.75) is 62.7 Å². The Morgan fingerprint density at radius 1 is 1.39 bits per heavy atom. The summed E-state index contributed by atoms with van der Waals surface area (Å²) in [5.41, 5.74) is 2.50. The number of aromatic hydroxyl groups is 1. The number of carboxylic acid groups (broad SMARTS) is 1. The number of hydrogen-bond acceptors (Lipinski definition) is 6. The van der Waals surface area contributed by atoms with Gasteiger partial charge in [0.05, 0.1) is 0 Å². The standard InChI is InChI=1S/C23H32NO6P/c1-5-10-23-15-7-8-18(30-31(3,4)28)22(23)29-21-17(25)11-13(6-9-19(26)27)14(20(21)23)12-16(15)24-2/h7-8,11,15-16,18,22,24-25H,5-6,9-10,12H2,1-4H3,(H,26,27)/t15?,16-,18+,22+,23+/m1/s1. The molecule has 1 heterocycles. The highest BCUT2D eigenvalue weighted by Crippen LogP contribution is 2.62. The van der Waals surface area contributed by atoms with E-state index in [0.717, 1.165) is 36.0 Å². The Morgan fingerprint density at radius 2 is 2.13 bits per heavy atom. The SMILES string of the molecule is CCC[C@]12c3c4c(CCC(=O)O)cc(O)c3O[C@H]1[C@@H](OP(C)(C)=O)C=CC2[C@H](NC)C4. The van der Waals surface area contributed by atoms with Crippen LogP contribution in [0.1, 0.15) is 42.9 Å². The molecule has 5 atom stereocenters. The molecule has 170 valence electrons. The Kier molecular flexibility index (Phi) is 5.74.